The Labute approximate surface area is 127 Å². The highest BCUT2D eigenvalue weighted by Gasteiger charge is 2.15. The molecule has 0 spiro atoms. The minimum Gasteiger partial charge on any atom is -0.507 e. The number of fused-ring (bicyclic) bond motifs is 1. The molecule has 1 heterocycles. The first-order valence-electron chi connectivity index (χ1n) is 6.58. The zero-order valence-electron chi connectivity index (χ0n) is 11.6. The van der Waals surface area contributed by atoms with Gasteiger partial charge in [0, 0.05) is 5.56 Å². The molecule has 0 radical (unpaired) electrons. The summed E-state index contributed by atoms with van der Waals surface area (Å²) in [7, 11) is 0. The van der Waals surface area contributed by atoms with Gasteiger partial charge in [-0.1, -0.05) is 18.7 Å². The van der Waals surface area contributed by atoms with Crippen molar-refractivity contribution in [3.63, 3.8) is 0 Å². The van der Waals surface area contributed by atoms with Crippen LogP contribution in [0.2, 0.25) is 0 Å². The standard InChI is InChI=1S/C16H14N2O4/c1-10(11-6-7-14-15(8-11)22-9-21-14)17-18-16(20)12-4-2-3-5-13(12)19/h2-8,17,19H,1,9H2,(H,18,20). The normalized spacial score (nSPS) is 11.8. The zero-order chi connectivity index (χ0) is 15.5. The maximum absolute atomic E-state index is 12.0. The smallest absolute Gasteiger partial charge is 0.273 e. The lowest BCUT2D eigenvalue weighted by molar-refractivity contribution is 0.0940. The monoisotopic (exact) mass is 298 g/mol. The molecule has 2 aromatic carbocycles. The van der Waals surface area contributed by atoms with Crippen LogP contribution in [0, 0.1) is 0 Å². The molecule has 0 aromatic heterocycles. The summed E-state index contributed by atoms with van der Waals surface area (Å²) < 4.78 is 10.5. The fourth-order valence-corrected chi connectivity index (χ4v) is 2.02. The van der Waals surface area contributed by atoms with Gasteiger partial charge < -0.3 is 14.6 Å². The molecule has 1 amide bonds. The Morgan fingerprint density at radius 2 is 1.86 bits per heavy atom. The van der Waals surface area contributed by atoms with Crippen molar-refractivity contribution in [1.82, 2.24) is 10.9 Å². The van der Waals surface area contributed by atoms with E-state index in [1.54, 1.807) is 30.3 Å². The number of hydrazine groups is 1. The van der Waals surface area contributed by atoms with Gasteiger partial charge >= 0.3 is 0 Å². The molecule has 6 heteroatoms. The van der Waals surface area contributed by atoms with Crippen LogP contribution in [0.4, 0.5) is 0 Å². The fourth-order valence-electron chi connectivity index (χ4n) is 2.02. The molecule has 22 heavy (non-hydrogen) atoms. The largest absolute Gasteiger partial charge is 0.507 e. The average Bonchev–Trinajstić information content (AvgIpc) is 3.00. The third-order valence-electron chi connectivity index (χ3n) is 3.20. The second-order valence-electron chi connectivity index (χ2n) is 4.64. The number of para-hydroxylation sites is 1. The molecular formula is C16H14N2O4. The highest BCUT2D eigenvalue weighted by atomic mass is 16.7. The van der Waals surface area contributed by atoms with Gasteiger partial charge in [-0.25, -0.2) is 0 Å². The Morgan fingerprint density at radius 3 is 2.68 bits per heavy atom. The maximum Gasteiger partial charge on any atom is 0.273 e. The van der Waals surface area contributed by atoms with Crippen molar-refractivity contribution in [1.29, 1.82) is 0 Å². The molecule has 3 N–H and O–H groups in total. The topological polar surface area (TPSA) is 79.8 Å². The van der Waals surface area contributed by atoms with Crippen LogP contribution in [0.3, 0.4) is 0 Å². The molecule has 1 aliphatic heterocycles. The van der Waals surface area contributed by atoms with Crippen LogP contribution in [0.25, 0.3) is 5.70 Å². The Balaban J connectivity index is 1.65. The summed E-state index contributed by atoms with van der Waals surface area (Å²) in [5, 5.41) is 9.63. The summed E-state index contributed by atoms with van der Waals surface area (Å²) in [4.78, 5) is 12.0. The van der Waals surface area contributed by atoms with Gasteiger partial charge in [0.05, 0.1) is 11.3 Å². The molecule has 0 unspecified atom stereocenters. The van der Waals surface area contributed by atoms with Crippen LogP contribution in [0.5, 0.6) is 17.2 Å². The number of aromatic hydroxyl groups is 1. The van der Waals surface area contributed by atoms with E-state index in [0.717, 1.165) is 5.56 Å². The Kier molecular flexibility index (Phi) is 3.57. The van der Waals surface area contributed by atoms with E-state index < -0.39 is 5.91 Å². The number of hydrogen-bond donors (Lipinski definition) is 3. The summed E-state index contributed by atoms with van der Waals surface area (Å²) in [5.74, 6) is 0.762. The van der Waals surface area contributed by atoms with E-state index in [-0.39, 0.29) is 18.1 Å². The van der Waals surface area contributed by atoms with Gasteiger partial charge in [0.25, 0.3) is 5.91 Å². The first-order chi connectivity index (χ1) is 10.6. The first-order valence-corrected chi connectivity index (χ1v) is 6.58. The number of carbonyl (C=O) groups excluding carboxylic acids is 1. The molecule has 1 aliphatic rings. The van der Waals surface area contributed by atoms with Crippen molar-refractivity contribution >= 4 is 11.6 Å². The minimum absolute atomic E-state index is 0.0875. The Hall–Kier alpha value is -3.15. The molecule has 0 aliphatic carbocycles. The van der Waals surface area contributed by atoms with E-state index in [4.69, 9.17) is 9.47 Å². The molecule has 0 saturated carbocycles. The van der Waals surface area contributed by atoms with Gasteiger partial charge in [-0.3, -0.25) is 15.6 Å². The number of phenols is 1. The zero-order valence-corrected chi connectivity index (χ0v) is 11.6. The number of ether oxygens (including phenoxy) is 2. The molecule has 6 nitrogen and oxygen atoms in total. The molecule has 0 atom stereocenters. The van der Waals surface area contributed by atoms with E-state index in [2.05, 4.69) is 17.4 Å². The number of benzene rings is 2. The summed E-state index contributed by atoms with van der Waals surface area (Å²) >= 11 is 0. The lowest BCUT2D eigenvalue weighted by Crippen LogP contribution is -2.35. The highest BCUT2D eigenvalue weighted by molar-refractivity contribution is 5.96. The molecule has 0 saturated heterocycles. The van der Waals surface area contributed by atoms with Gasteiger partial charge in [-0.15, -0.1) is 0 Å². The van der Waals surface area contributed by atoms with Crippen LogP contribution < -0.4 is 20.3 Å². The lowest BCUT2D eigenvalue weighted by atomic mass is 10.1. The van der Waals surface area contributed by atoms with Crippen molar-refractivity contribution in [2.75, 3.05) is 6.79 Å². The maximum atomic E-state index is 12.0. The number of amides is 1. The van der Waals surface area contributed by atoms with Crippen molar-refractivity contribution in [2.24, 2.45) is 0 Å². The molecule has 2 aromatic rings. The average molecular weight is 298 g/mol. The summed E-state index contributed by atoms with van der Waals surface area (Å²) in [6.45, 7) is 4.05. The molecule has 0 bridgehead atoms. The molecule has 3 rings (SSSR count). The van der Waals surface area contributed by atoms with Crippen LogP contribution in [-0.4, -0.2) is 17.8 Å². The van der Waals surface area contributed by atoms with Crippen LogP contribution in [-0.2, 0) is 0 Å². The number of carbonyl (C=O) groups is 1. The molecule has 112 valence electrons. The van der Waals surface area contributed by atoms with Crippen molar-refractivity contribution in [3.05, 3.63) is 60.2 Å². The summed E-state index contributed by atoms with van der Waals surface area (Å²) in [6.07, 6.45) is 0. The van der Waals surface area contributed by atoms with Gasteiger partial charge in [-0.05, 0) is 30.3 Å². The quantitative estimate of drug-likeness (QED) is 0.753. The van der Waals surface area contributed by atoms with Crippen LogP contribution in [0.15, 0.2) is 49.0 Å². The third kappa shape index (κ3) is 2.67. The predicted molar refractivity (Wildman–Crippen MR) is 80.3 cm³/mol. The Bertz CT molecular complexity index is 743. The van der Waals surface area contributed by atoms with Gasteiger partial charge in [0.2, 0.25) is 6.79 Å². The minimum atomic E-state index is -0.458. The number of hydrogen-bond acceptors (Lipinski definition) is 5. The van der Waals surface area contributed by atoms with E-state index in [1.807, 2.05) is 0 Å². The van der Waals surface area contributed by atoms with Crippen molar-refractivity contribution in [3.8, 4) is 17.2 Å². The fraction of sp³-hybridized carbons (Fsp3) is 0.0625. The second kappa shape index (κ2) is 5.69. The van der Waals surface area contributed by atoms with Gasteiger partial charge in [0.1, 0.15) is 5.75 Å². The van der Waals surface area contributed by atoms with E-state index in [0.29, 0.717) is 17.2 Å². The number of rotatable bonds is 4. The number of phenolic OH excluding ortho intramolecular Hbond substituents is 1. The third-order valence-corrected chi connectivity index (χ3v) is 3.20. The van der Waals surface area contributed by atoms with Crippen LogP contribution >= 0.6 is 0 Å². The SMILES string of the molecule is C=C(NNC(=O)c1ccccc1O)c1ccc2c(c1)OCO2. The highest BCUT2D eigenvalue weighted by Crippen LogP contribution is 2.33. The van der Waals surface area contributed by atoms with Gasteiger partial charge in [0.15, 0.2) is 11.5 Å². The summed E-state index contributed by atoms with van der Waals surface area (Å²) in [6, 6.07) is 11.6. The van der Waals surface area contributed by atoms with Gasteiger partial charge in [-0.2, -0.15) is 0 Å². The first kappa shape index (κ1) is 13.8. The molecular weight excluding hydrogens is 284 g/mol. The van der Waals surface area contributed by atoms with Crippen molar-refractivity contribution in [2.45, 2.75) is 0 Å². The molecule has 0 fully saturated rings. The predicted octanol–water partition coefficient (Wildman–Crippen LogP) is 2.03. The van der Waals surface area contributed by atoms with Crippen LogP contribution in [0.1, 0.15) is 15.9 Å². The Morgan fingerprint density at radius 1 is 1.09 bits per heavy atom. The second-order valence-corrected chi connectivity index (χ2v) is 4.64. The van der Waals surface area contributed by atoms with E-state index >= 15 is 0 Å². The lowest BCUT2D eigenvalue weighted by Gasteiger charge is -2.12. The van der Waals surface area contributed by atoms with Crippen molar-refractivity contribution < 1.29 is 19.4 Å². The van der Waals surface area contributed by atoms with E-state index in [9.17, 15) is 9.90 Å². The van der Waals surface area contributed by atoms with E-state index in [1.165, 1.54) is 12.1 Å². The summed E-state index contributed by atoms with van der Waals surface area (Å²) in [5.41, 5.74) is 6.61. The number of nitrogens with one attached hydrogen (secondary N) is 2.